The summed E-state index contributed by atoms with van der Waals surface area (Å²) in [4.78, 5) is 8.97. The lowest BCUT2D eigenvalue weighted by Gasteiger charge is -2.24. The molecule has 1 aromatic carbocycles. The fourth-order valence-electron chi connectivity index (χ4n) is 3.10. The molecule has 0 unspecified atom stereocenters. The summed E-state index contributed by atoms with van der Waals surface area (Å²) in [6, 6.07) is 7.72. The van der Waals surface area contributed by atoms with E-state index in [4.69, 9.17) is 4.74 Å². The van der Waals surface area contributed by atoms with E-state index in [-0.39, 0.29) is 10.8 Å². The van der Waals surface area contributed by atoms with Crippen molar-refractivity contribution in [1.82, 2.24) is 15.3 Å². The van der Waals surface area contributed by atoms with Gasteiger partial charge in [0.05, 0.1) is 19.0 Å². The summed E-state index contributed by atoms with van der Waals surface area (Å²) in [5, 5.41) is 6.49. The third-order valence-corrected chi connectivity index (χ3v) is 5.56. The molecule has 1 saturated heterocycles. The summed E-state index contributed by atoms with van der Waals surface area (Å²) in [7, 11) is -1.74. The number of hydrogen-bond acceptors (Lipinski definition) is 7. The van der Waals surface area contributed by atoms with E-state index in [0.717, 1.165) is 37.2 Å². The van der Waals surface area contributed by atoms with Gasteiger partial charge in [-0.25, -0.2) is 18.4 Å². The highest BCUT2D eigenvalue weighted by atomic mass is 32.2. The molecule has 1 aliphatic rings. The van der Waals surface area contributed by atoms with Gasteiger partial charge in [0, 0.05) is 25.3 Å². The average Bonchev–Trinajstić information content (AvgIpc) is 2.66. The Hall–Kier alpha value is -2.19. The van der Waals surface area contributed by atoms with Crippen molar-refractivity contribution in [2.75, 3.05) is 31.8 Å². The van der Waals surface area contributed by atoms with E-state index < -0.39 is 9.84 Å². The molecule has 0 bridgehead atoms. The zero-order valence-electron chi connectivity index (χ0n) is 15.0. The molecule has 0 amide bonds. The van der Waals surface area contributed by atoms with E-state index in [0.29, 0.717) is 18.2 Å². The van der Waals surface area contributed by atoms with Gasteiger partial charge in [-0.1, -0.05) is 12.1 Å². The Labute approximate surface area is 154 Å². The molecule has 0 saturated carbocycles. The largest absolute Gasteiger partial charge is 0.497 e. The van der Waals surface area contributed by atoms with Crippen LogP contribution in [0.3, 0.4) is 0 Å². The average molecular weight is 376 g/mol. The molecule has 1 fully saturated rings. The van der Waals surface area contributed by atoms with Gasteiger partial charge in [0.2, 0.25) is 5.95 Å². The fourth-order valence-corrected chi connectivity index (χ4v) is 3.93. The number of rotatable bonds is 6. The molecule has 2 N–H and O–H groups in total. The first-order valence-corrected chi connectivity index (χ1v) is 10.5. The Bertz CT molecular complexity index is 864. The molecule has 140 valence electrons. The normalized spacial score (nSPS) is 17.7. The maximum atomic E-state index is 12.1. The number of anilines is 1. The zero-order chi connectivity index (χ0) is 18.6. The minimum Gasteiger partial charge on any atom is -0.497 e. The van der Waals surface area contributed by atoms with Crippen LogP contribution in [0.1, 0.15) is 30.0 Å². The van der Waals surface area contributed by atoms with Crippen LogP contribution in [0, 0.1) is 0 Å². The van der Waals surface area contributed by atoms with Crippen LogP contribution in [0.5, 0.6) is 5.75 Å². The Balaban J connectivity index is 1.83. The van der Waals surface area contributed by atoms with Crippen molar-refractivity contribution in [2.45, 2.75) is 30.2 Å². The molecule has 1 aliphatic heterocycles. The van der Waals surface area contributed by atoms with E-state index in [1.54, 1.807) is 7.11 Å². The Morgan fingerprint density at radius 3 is 2.92 bits per heavy atom. The number of aromatic nitrogens is 2. The molecule has 0 spiro atoms. The molecule has 7 nitrogen and oxygen atoms in total. The Morgan fingerprint density at radius 2 is 2.23 bits per heavy atom. The molecular formula is C18H24N4O3S. The lowest BCUT2D eigenvalue weighted by molar-refractivity contribution is 0.414. The predicted molar refractivity (Wildman–Crippen MR) is 100 cm³/mol. The van der Waals surface area contributed by atoms with Crippen LogP contribution in [0.4, 0.5) is 5.95 Å². The molecular weight excluding hydrogens is 352 g/mol. The standard InChI is InChI=1S/C18H24N4O3S/c1-25-15-7-3-5-13(9-15)10-20-18-21-12-16(26(2,23)24)17(22-18)14-6-4-8-19-11-14/h3,5,7,9,12,14,19H,4,6,8,10-11H2,1-2H3,(H,20,21,22)/t14-/m1/s1. The van der Waals surface area contributed by atoms with Gasteiger partial charge in [0.25, 0.3) is 0 Å². The molecule has 3 rings (SSSR count). The maximum Gasteiger partial charge on any atom is 0.223 e. The highest BCUT2D eigenvalue weighted by molar-refractivity contribution is 7.90. The Kier molecular flexibility index (Phi) is 5.73. The van der Waals surface area contributed by atoms with Gasteiger partial charge in [-0.05, 0) is 37.1 Å². The quantitative estimate of drug-likeness (QED) is 0.796. The smallest absolute Gasteiger partial charge is 0.223 e. The van der Waals surface area contributed by atoms with Crippen LogP contribution in [-0.2, 0) is 16.4 Å². The lowest BCUT2D eigenvalue weighted by Crippen LogP contribution is -2.30. The fraction of sp³-hybridized carbons (Fsp3) is 0.444. The van der Waals surface area contributed by atoms with E-state index in [1.165, 1.54) is 12.5 Å². The van der Waals surface area contributed by atoms with Crippen molar-refractivity contribution in [1.29, 1.82) is 0 Å². The van der Waals surface area contributed by atoms with E-state index in [9.17, 15) is 8.42 Å². The molecule has 26 heavy (non-hydrogen) atoms. The van der Waals surface area contributed by atoms with Crippen LogP contribution in [0.15, 0.2) is 35.4 Å². The van der Waals surface area contributed by atoms with Gasteiger partial charge in [0.1, 0.15) is 10.6 Å². The number of benzene rings is 1. The number of ether oxygens (including phenoxy) is 1. The number of piperidine rings is 1. The van der Waals surface area contributed by atoms with Crippen molar-refractivity contribution in [3.63, 3.8) is 0 Å². The molecule has 1 atom stereocenters. The second kappa shape index (κ2) is 8.01. The monoisotopic (exact) mass is 376 g/mol. The van der Waals surface area contributed by atoms with Crippen molar-refractivity contribution in [3.05, 3.63) is 41.7 Å². The molecule has 2 aromatic rings. The number of nitrogens with one attached hydrogen (secondary N) is 2. The van der Waals surface area contributed by atoms with Gasteiger partial charge in [0.15, 0.2) is 9.84 Å². The number of methoxy groups -OCH3 is 1. The maximum absolute atomic E-state index is 12.1. The van der Waals surface area contributed by atoms with Crippen molar-refractivity contribution in [2.24, 2.45) is 0 Å². The topological polar surface area (TPSA) is 93.2 Å². The summed E-state index contributed by atoms with van der Waals surface area (Å²) in [5.41, 5.74) is 1.63. The molecule has 0 radical (unpaired) electrons. The molecule has 0 aliphatic carbocycles. The summed E-state index contributed by atoms with van der Waals surface area (Å²) in [6.07, 6.45) is 4.54. The van der Waals surface area contributed by atoms with Gasteiger partial charge >= 0.3 is 0 Å². The third kappa shape index (κ3) is 4.50. The van der Waals surface area contributed by atoms with Gasteiger partial charge < -0.3 is 15.4 Å². The third-order valence-electron chi connectivity index (χ3n) is 4.45. The Morgan fingerprint density at radius 1 is 1.38 bits per heavy atom. The van der Waals surface area contributed by atoms with Gasteiger partial charge in [-0.15, -0.1) is 0 Å². The van der Waals surface area contributed by atoms with Crippen LogP contribution in [0.2, 0.25) is 0 Å². The highest BCUT2D eigenvalue weighted by Crippen LogP contribution is 2.28. The minimum atomic E-state index is -3.37. The summed E-state index contributed by atoms with van der Waals surface area (Å²) in [6.45, 7) is 2.21. The van der Waals surface area contributed by atoms with Crippen molar-refractivity contribution in [3.8, 4) is 5.75 Å². The van der Waals surface area contributed by atoms with E-state index in [1.807, 2.05) is 24.3 Å². The van der Waals surface area contributed by atoms with E-state index >= 15 is 0 Å². The number of nitrogens with zero attached hydrogens (tertiary/aromatic N) is 2. The summed E-state index contributed by atoms with van der Waals surface area (Å²) in [5.74, 6) is 1.29. The number of hydrogen-bond donors (Lipinski definition) is 2. The summed E-state index contributed by atoms with van der Waals surface area (Å²) < 4.78 is 29.5. The van der Waals surface area contributed by atoms with Crippen LogP contribution in [-0.4, -0.2) is 44.8 Å². The van der Waals surface area contributed by atoms with Crippen molar-refractivity contribution < 1.29 is 13.2 Å². The first-order chi connectivity index (χ1) is 12.5. The SMILES string of the molecule is COc1cccc(CNc2ncc(S(C)(=O)=O)c([C@@H]3CCCNC3)n2)c1. The highest BCUT2D eigenvalue weighted by Gasteiger charge is 2.25. The first kappa shape index (κ1) is 18.6. The second-order valence-corrected chi connectivity index (χ2v) is 8.45. The van der Waals surface area contributed by atoms with Gasteiger partial charge in [-0.3, -0.25) is 0 Å². The van der Waals surface area contributed by atoms with Crippen LogP contribution in [0.25, 0.3) is 0 Å². The zero-order valence-corrected chi connectivity index (χ0v) is 15.8. The molecule has 2 heterocycles. The van der Waals surface area contributed by atoms with Crippen molar-refractivity contribution >= 4 is 15.8 Å². The second-order valence-electron chi connectivity index (χ2n) is 6.46. The van der Waals surface area contributed by atoms with E-state index in [2.05, 4.69) is 20.6 Å². The molecule has 8 heteroatoms. The van der Waals surface area contributed by atoms with Crippen LogP contribution < -0.4 is 15.4 Å². The lowest BCUT2D eigenvalue weighted by atomic mass is 9.96. The van der Waals surface area contributed by atoms with Crippen LogP contribution >= 0.6 is 0 Å². The molecule has 1 aromatic heterocycles. The first-order valence-electron chi connectivity index (χ1n) is 8.62. The minimum absolute atomic E-state index is 0.0776. The number of sulfone groups is 1. The van der Waals surface area contributed by atoms with Gasteiger partial charge in [-0.2, -0.15) is 0 Å². The summed E-state index contributed by atoms with van der Waals surface area (Å²) >= 11 is 0. The predicted octanol–water partition coefficient (Wildman–Crippen LogP) is 1.97.